The first-order valence-electron chi connectivity index (χ1n) is 6.19. The molecule has 2 aromatic rings. The van der Waals surface area contributed by atoms with Crippen LogP contribution in [0.2, 0.25) is 5.15 Å². The Morgan fingerprint density at radius 1 is 1.48 bits per heavy atom. The molecule has 6 heteroatoms. The van der Waals surface area contributed by atoms with Crippen LogP contribution >= 0.6 is 22.9 Å². The quantitative estimate of drug-likeness (QED) is 0.692. The molecule has 1 unspecified atom stereocenters. The van der Waals surface area contributed by atoms with Gasteiger partial charge in [-0.25, -0.2) is 4.98 Å². The van der Waals surface area contributed by atoms with Gasteiger partial charge in [-0.3, -0.25) is 4.79 Å². The van der Waals surface area contributed by atoms with E-state index in [-0.39, 0.29) is 11.6 Å². The molecule has 1 aromatic heterocycles. The summed E-state index contributed by atoms with van der Waals surface area (Å²) in [5.41, 5.74) is 0.976. The predicted molar refractivity (Wildman–Crippen MR) is 83.7 cm³/mol. The molecule has 1 N–H and O–H groups in total. The van der Waals surface area contributed by atoms with E-state index in [1.807, 2.05) is 43.3 Å². The Labute approximate surface area is 131 Å². The summed E-state index contributed by atoms with van der Waals surface area (Å²) in [5, 5.41) is 14.4. The van der Waals surface area contributed by atoms with Gasteiger partial charge in [0.2, 0.25) is 0 Å². The van der Waals surface area contributed by atoms with Crippen molar-refractivity contribution in [1.82, 2.24) is 10.3 Å². The Morgan fingerprint density at radius 3 is 2.76 bits per heavy atom. The molecule has 0 radical (unpaired) electrons. The number of halogens is 1. The number of hydrogen-bond donors (Lipinski definition) is 1. The van der Waals surface area contributed by atoms with E-state index in [0.717, 1.165) is 5.56 Å². The highest BCUT2D eigenvalue weighted by Crippen LogP contribution is 2.18. The maximum Gasteiger partial charge on any atom is 0.262 e. The summed E-state index contributed by atoms with van der Waals surface area (Å²) in [6.07, 6.45) is 1.43. The Kier molecular flexibility index (Phi) is 5.09. The molecular formula is C15H12ClN3OS. The van der Waals surface area contributed by atoms with E-state index in [4.69, 9.17) is 16.9 Å². The molecule has 4 nitrogen and oxygen atoms in total. The van der Waals surface area contributed by atoms with E-state index in [2.05, 4.69) is 10.3 Å². The van der Waals surface area contributed by atoms with Crippen molar-refractivity contribution in [3.8, 4) is 6.07 Å². The van der Waals surface area contributed by atoms with Gasteiger partial charge in [-0.15, -0.1) is 11.3 Å². The molecule has 1 aromatic carbocycles. The van der Waals surface area contributed by atoms with Gasteiger partial charge in [0, 0.05) is 5.38 Å². The number of nitrogens with one attached hydrogen (secondary N) is 1. The largest absolute Gasteiger partial charge is 0.345 e. The standard InChI is InChI=1S/C15H12ClN3OS/c1-10(11-5-3-2-4-6-11)18-15(20)12(8-17)7-14-19-13(16)9-21-14/h2-7,9-10H,1H3,(H,18,20)/b12-7-. The minimum absolute atomic E-state index is 0.00352. The van der Waals surface area contributed by atoms with Crippen LogP contribution in [0.3, 0.4) is 0 Å². The zero-order valence-electron chi connectivity index (χ0n) is 11.2. The lowest BCUT2D eigenvalue weighted by Gasteiger charge is -2.13. The van der Waals surface area contributed by atoms with Crippen LogP contribution in [-0.2, 0) is 4.79 Å². The molecule has 1 heterocycles. The number of carbonyl (C=O) groups is 1. The fourth-order valence-electron chi connectivity index (χ4n) is 1.70. The van der Waals surface area contributed by atoms with E-state index in [1.54, 1.807) is 5.38 Å². The van der Waals surface area contributed by atoms with Crippen molar-refractivity contribution >= 4 is 34.9 Å². The fraction of sp³-hybridized carbons (Fsp3) is 0.133. The van der Waals surface area contributed by atoms with Crippen LogP contribution < -0.4 is 5.32 Å². The molecule has 0 saturated heterocycles. The summed E-state index contributed by atoms with van der Waals surface area (Å²) in [4.78, 5) is 16.1. The highest BCUT2D eigenvalue weighted by molar-refractivity contribution is 7.11. The molecule has 0 aliphatic heterocycles. The smallest absolute Gasteiger partial charge is 0.262 e. The maximum atomic E-state index is 12.1. The molecule has 1 amide bonds. The monoisotopic (exact) mass is 317 g/mol. The Bertz CT molecular complexity index is 703. The first-order valence-corrected chi connectivity index (χ1v) is 7.44. The van der Waals surface area contributed by atoms with Crippen molar-refractivity contribution in [2.24, 2.45) is 0 Å². The average Bonchev–Trinajstić information content (AvgIpc) is 2.90. The highest BCUT2D eigenvalue weighted by atomic mass is 35.5. The highest BCUT2D eigenvalue weighted by Gasteiger charge is 2.14. The van der Waals surface area contributed by atoms with Crippen molar-refractivity contribution in [3.05, 3.63) is 57.0 Å². The zero-order chi connectivity index (χ0) is 15.2. The van der Waals surface area contributed by atoms with Crippen LogP contribution in [0.4, 0.5) is 0 Å². The molecule has 1 atom stereocenters. The van der Waals surface area contributed by atoms with E-state index in [1.165, 1.54) is 17.4 Å². The number of hydrogen-bond acceptors (Lipinski definition) is 4. The molecule has 0 aliphatic rings. The van der Waals surface area contributed by atoms with Crippen molar-refractivity contribution in [1.29, 1.82) is 5.26 Å². The SMILES string of the molecule is CC(NC(=O)/C(C#N)=C\c1nc(Cl)cs1)c1ccccc1. The summed E-state index contributed by atoms with van der Waals surface area (Å²) in [6.45, 7) is 1.86. The molecule has 0 fully saturated rings. The molecule has 0 bridgehead atoms. The summed E-state index contributed by atoms with van der Waals surface area (Å²) in [5.74, 6) is -0.430. The number of nitrogens with zero attached hydrogens (tertiary/aromatic N) is 2. The lowest BCUT2D eigenvalue weighted by atomic mass is 10.1. The van der Waals surface area contributed by atoms with Gasteiger partial charge in [0.05, 0.1) is 6.04 Å². The minimum atomic E-state index is -0.430. The van der Waals surface area contributed by atoms with Gasteiger partial charge < -0.3 is 5.32 Å². The number of carbonyl (C=O) groups excluding carboxylic acids is 1. The summed E-state index contributed by atoms with van der Waals surface area (Å²) in [7, 11) is 0. The van der Waals surface area contributed by atoms with Crippen LogP contribution in [0.1, 0.15) is 23.5 Å². The summed E-state index contributed by atoms with van der Waals surface area (Å²) < 4.78 is 0. The van der Waals surface area contributed by atoms with Crippen LogP contribution in [-0.4, -0.2) is 10.9 Å². The Balaban J connectivity index is 2.11. The van der Waals surface area contributed by atoms with Gasteiger partial charge in [0.15, 0.2) is 0 Å². The Morgan fingerprint density at radius 2 is 2.19 bits per heavy atom. The van der Waals surface area contributed by atoms with Gasteiger partial charge >= 0.3 is 0 Å². The second kappa shape index (κ2) is 7.02. The molecule has 106 valence electrons. The van der Waals surface area contributed by atoms with Crippen molar-refractivity contribution < 1.29 is 4.79 Å². The van der Waals surface area contributed by atoms with E-state index in [9.17, 15) is 4.79 Å². The van der Waals surface area contributed by atoms with Gasteiger partial charge in [-0.2, -0.15) is 5.26 Å². The molecule has 0 spiro atoms. The van der Waals surface area contributed by atoms with Crippen LogP contribution in [0, 0.1) is 11.3 Å². The Hall–Kier alpha value is -2.16. The summed E-state index contributed by atoms with van der Waals surface area (Å²) in [6, 6.07) is 11.2. The molecular weight excluding hydrogens is 306 g/mol. The van der Waals surface area contributed by atoms with E-state index >= 15 is 0 Å². The topological polar surface area (TPSA) is 65.8 Å². The van der Waals surface area contributed by atoms with E-state index < -0.39 is 5.91 Å². The van der Waals surface area contributed by atoms with Crippen LogP contribution in [0.25, 0.3) is 6.08 Å². The molecule has 0 aliphatic carbocycles. The number of benzene rings is 1. The molecule has 21 heavy (non-hydrogen) atoms. The second-order valence-corrected chi connectivity index (χ2v) is 5.56. The minimum Gasteiger partial charge on any atom is -0.345 e. The van der Waals surface area contributed by atoms with Crippen LogP contribution in [0.15, 0.2) is 41.3 Å². The predicted octanol–water partition coefficient (Wildman–Crippen LogP) is 3.58. The van der Waals surface area contributed by atoms with Gasteiger partial charge in [-0.05, 0) is 18.6 Å². The third-order valence-electron chi connectivity index (χ3n) is 2.77. The van der Waals surface area contributed by atoms with Gasteiger partial charge in [-0.1, -0.05) is 41.9 Å². The summed E-state index contributed by atoms with van der Waals surface area (Å²) >= 11 is 6.99. The number of thiazole rings is 1. The number of amides is 1. The second-order valence-electron chi connectivity index (χ2n) is 4.28. The zero-order valence-corrected chi connectivity index (χ0v) is 12.8. The fourth-order valence-corrected chi connectivity index (χ4v) is 2.59. The van der Waals surface area contributed by atoms with Crippen molar-refractivity contribution in [2.75, 3.05) is 0 Å². The first kappa shape index (κ1) is 15.2. The average molecular weight is 318 g/mol. The molecule has 0 saturated carbocycles. The van der Waals surface area contributed by atoms with E-state index in [0.29, 0.717) is 10.2 Å². The van der Waals surface area contributed by atoms with Crippen LogP contribution in [0.5, 0.6) is 0 Å². The third kappa shape index (κ3) is 4.15. The first-order chi connectivity index (χ1) is 10.1. The lowest BCUT2D eigenvalue weighted by Crippen LogP contribution is -2.27. The molecule has 2 rings (SSSR count). The maximum absolute atomic E-state index is 12.1. The number of nitriles is 1. The third-order valence-corrected chi connectivity index (χ3v) is 3.89. The van der Waals surface area contributed by atoms with Gasteiger partial charge in [0.25, 0.3) is 5.91 Å². The lowest BCUT2D eigenvalue weighted by molar-refractivity contribution is -0.117. The van der Waals surface area contributed by atoms with Gasteiger partial charge in [0.1, 0.15) is 21.8 Å². The number of aromatic nitrogens is 1. The number of rotatable bonds is 4. The van der Waals surface area contributed by atoms with Crippen molar-refractivity contribution in [3.63, 3.8) is 0 Å². The van der Waals surface area contributed by atoms with Crippen molar-refractivity contribution in [2.45, 2.75) is 13.0 Å². The normalized spacial score (nSPS) is 12.5.